The van der Waals surface area contributed by atoms with Crippen LogP contribution in [0.1, 0.15) is 26.3 Å². The fourth-order valence-corrected chi connectivity index (χ4v) is 2.05. The highest BCUT2D eigenvalue weighted by atomic mass is 32.2. The molecular formula is C14H16N2OS. The summed E-state index contributed by atoms with van der Waals surface area (Å²) in [5.74, 6) is 0. The van der Waals surface area contributed by atoms with E-state index in [4.69, 9.17) is 0 Å². The molecule has 0 saturated heterocycles. The van der Waals surface area contributed by atoms with E-state index in [2.05, 4.69) is 9.38 Å². The van der Waals surface area contributed by atoms with Gasteiger partial charge in [-0.05, 0) is 32.2 Å². The van der Waals surface area contributed by atoms with Crippen molar-refractivity contribution in [3.8, 4) is 0 Å². The molecule has 0 aliphatic rings. The monoisotopic (exact) mass is 260 g/mol. The van der Waals surface area contributed by atoms with E-state index in [0.717, 1.165) is 16.3 Å². The maximum absolute atomic E-state index is 11.9. The van der Waals surface area contributed by atoms with Crippen molar-refractivity contribution in [1.29, 1.82) is 0 Å². The van der Waals surface area contributed by atoms with Gasteiger partial charge in [0.15, 0.2) is 0 Å². The molecular weight excluding hydrogens is 244 g/mol. The number of fused-ring (bicyclic) bond motifs is 1. The first-order valence-electron chi connectivity index (χ1n) is 5.77. The van der Waals surface area contributed by atoms with Crippen molar-refractivity contribution in [3.05, 3.63) is 42.2 Å². The Morgan fingerprint density at radius 3 is 2.78 bits per heavy atom. The largest absolute Gasteiger partial charge is 0.591 e. The Kier molecular flexibility index (Phi) is 3.68. The number of aromatic nitrogens is 1. The fourth-order valence-electron chi connectivity index (χ4n) is 1.52. The molecule has 0 aliphatic carbocycles. The van der Waals surface area contributed by atoms with Crippen LogP contribution in [0.3, 0.4) is 0 Å². The second-order valence-electron chi connectivity index (χ2n) is 5.04. The van der Waals surface area contributed by atoms with Crippen molar-refractivity contribution in [2.75, 3.05) is 0 Å². The van der Waals surface area contributed by atoms with E-state index >= 15 is 0 Å². The molecule has 1 unspecified atom stereocenters. The standard InChI is InChI=1S/C14H16N2OS/c1-14(2,3)18(17)16-10-12-6-4-5-11-9-15-8-7-13(11)12/h4-10H,1-3H3/b16-10+. The Hall–Kier alpha value is -1.39. The summed E-state index contributed by atoms with van der Waals surface area (Å²) in [4.78, 5) is 4.08. The second kappa shape index (κ2) is 5.08. The van der Waals surface area contributed by atoms with Gasteiger partial charge in [-0.25, -0.2) is 0 Å². The number of rotatable bonds is 2. The van der Waals surface area contributed by atoms with Gasteiger partial charge in [-0.3, -0.25) is 4.98 Å². The van der Waals surface area contributed by atoms with Crippen LogP contribution in [0.2, 0.25) is 0 Å². The SMILES string of the molecule is CC(C)(C)[S+]([O-])/N=C/c1cccc2cnccc12. The lowest BCUT2D eigenvalue weighted by atomic mass is 10.1. The molecule has 0 bridgehead atoms. The summed E-state index contributed by atoms with van der Waals surface area (Å²) in [7, 11) is 0. The van der Waals surface area contributed by atoms with Gasteiger partial charge in [0, 0.05) is 23.3 Å². The van der Waals surface area contributed by atoms with Crippen molar-refractivity contribution in [3.63, 3.8) is 0 Å². The molecule has 1 heterocycles. The lowest BCUT2D eigenvalue weighted by molar-refractivity contribution is 0.562. The highest BCUT2D eigenvalue weighted by molar-refractivity contribution is 7.91. The predicted octanol–water partition coefficient (Wildman–Crippen LogP) is 3.12. The third-order valence-corrected chi connectivity index (χ3v) is 3.87. The van der Waals surface area contributed by atoms with Gasteiger partial charge in [-0.2, -0.15) is 0 Å². The van der Waals surface area contributed by atoms with E-state index in [1.54, 1.807) is 12.4 Å². The molecule has 1 aromatic heterocycles. The summed E-state index contributed by atoms with van der Waals surface area (Å²) in [5, 5.41) is 2.13. The van der Waals surface area contributed by atoms with Crippen LogP contribution >= 0.6 is 0 Å². The van der Waals surface area contributed by atoms with Gasteiger partial charge in [0.1, 0.15) is 16.1 Å². The summed E-state index contributed by atoms with van der Waals surface area (Å²) in [6.07, 6.45) is 5.25. The second-order valence-corrected chi connectivity index (χ2v) is 6.97. The van der Waals surface area contributed by atoms with E-state index in [1.165, 1.54) is 0 Å². The predicted molar refractivity (Wildman–Crippen MR) is 77.2 cm³/mol. The van der Waals surface area contributed by atoms with Crippen molar-refractivity contribution in [2.24, 2.45) is 4.40 Å². The van der Waals surface area contributed by atoms with E-state index < -0.39 is 11.4 Å². The summed E-state index contributed by atoms with van der Waals surface area (Å²) < 4.78 is 15.7. The van der Waals surface area contributed by atoms with Crippen LogP contribution in [-0.2, 0) is 11.4 Å². The van der Waals surface area contributed by atoms with Crippen molar-refractivity contribution in [1.82, 2.24) is 4.98 Å². The Balaban J connectivity index is 2.35. The molecule has 18 heavy (non-hydrogen) atoms. The first-order chi connectivity index (χ1) is 8.48. The number of benzene rings is 1. The molecule has 3 nitrogen and oxygen atoms in total. The van der Waals surface area contributed by atoms with E-state index in [0.29, 0.717) is 0 Å². The summed E-state index contributed by atoms with van der Waals surface area (Å²) in [5.41, 5.74) is 0.965. The third kappa shape index (κ3) is 2.89. The Morgan fingerprint density at radius 2 is 2.06 bits per heavy atom. The molecule has 0 spiro atoms. The average Bonchev–Trinajstić information content (AvgIpc) is 2.34. The van der Waals surface area contributed by atoms with Crippen LogP contribution in [0, 0.1) is 0 Å². The Bertz CT molecular complexity index is 570. The first-order valence-corrected chi connectivity index (χ1v) is 6.88. The normalized spacial score (nSPS) is 14.2. The topological polar surface area (TPSA) is 48.3 Å². The van der Waals surface area contributed by atoms with Gasteiger partial charge in [0.25, 0.3) is 0 Å². The van der Waals surface area contributed by atoms with E-state index in [-0.39, 0.29) is 4.75 Å². The van der Waals surface area contributed by atoms with Crippen LogP contribution in [0.4, 0.5) is 0 Å². The van der Waals surface area contributed by atoms with Gasteiger partial charge in [-0.1, -0.05) is 22.6 Å². The number of hydrogen-bond donors (Lipinski definition) is 0. The number of hydrogen-bond acceptors (Lipinski definition) is 3. The molecule has 0 N–H and O–H groups in total. The molecule has 0 aliphatic heterocycles. The summed E-state index contributed by atoms with van der Waals surface area (Å²) in [6, 6.07) is 7.86. The molecule has 1 aromatic carbocycles. The average molecular weight is 260 g/mol. The lowest BCUT2D eigenvalue weighted by Crippen LogP contribution is -2.25. The quantitative estimate of drug-likeness (QED) is 0.615. The Labute approximate surface area is 110 Å². The van der Waals surface area contributed by atoms with Crippen LogP contribution in [0.15, 0.2) is 41.1 Å². The van der Waals surface area contributed by atoms with Gasteiger partial charge in [-0.15, -0.1) is 0 Å². The third-order valence-electron chi connectivity index (χ3n) is 2.53. The summed E-state index contributed by atoms with van der Waals surface area (Å²) in [6.45, 7) is 5.73. The van der Waals surface area contributed by atoms with Crippen molar-refractivity contribution < 1.29 is 4.55 Å². The van der Waals surface area contributed by atoms with Gasteiger partial charge in [0.2, 0.25) is 0 Å². The zero-order valence-electron chi connectivity index (χ0n) is 10.8. The maximum atomic E-state index is 11.9. The van der Waals surface area contributed by atoms with Crippen LogP contribution < -0.4 is 0 Å². The minimum atomic E-state index is -1.23. The van der Waals surface area contributed by atoms with Crippen LogP contribution in [0.25, 0.3) is 10.8 Å². The van der Waals surface area contributed by atoms with Crippen LogP contribution in [0.5, 0.6) is 0 Å². The Morgan fingerprint density at radius 1 is 1.28 bits per heavy atom. The molecule has 2 rings (SSSR count). The van der Waals surface area contributed by atoms with Gasteiger partial charge >= 0.3 is 0 Å². The molecule has 2 aromatic rings. The zero-order valence-corrected chi connectivity index (χ0v) is 11.6. The van der Waals surface area contributed by atoms with E-state index in [1.807, 2.05) is 51.2 Å². The van der Waals surface area contributed by atoms with Crippen molar-refractivity contribution in [2.45, 2.75) is 25.5 Å². The molecule has 0 radical (unpaired) electrons. The minimum absolute atomic E-state index is 0.331. The molecule has 0 fully saturated rings. The van der Waals surface area contributed by atoms with Gasteiger partial charge < -0.3 is 4.55 Å². The highest BCUT2D eigenvalue weighted by Gasteiger charge is 2.25. The van der Waals surface area contributed by atoms with Gasteiger partial charge in [0.05, 0.1) is 6.21 Å². The maximum Gasteiger partial charge on any atom is 0.144 e. The van der Waals surface area contributed by atoms with Crippen molar-refractivity contribution >= 4 is 28.3 Å². The molecule has 0 saturated carbocycles. The number of pyridine rings is 1. The zero-order chi connectivity index (χ0) is 13.2. The minimum Gasteiger partial charge on any atom is -0.591 e. The highest BCUT2D eigenvalue weighted by Crippen LogP contribution is 2.19. The summed E-state index contributed by atoms with van der Waals surface area (Å²) >= 11 is -1.23. The first kappa shape index (κ1) is 13.1. The van der Waals surface area contributed by atoms with Crippen LogP contribution in [-0.4, -0.2) is 20.5 Å². The molecule has 4 heteroatoms. The fraction of sp³-hybridized carbons (Fsp3) is 0.286. The number of nitrogens with zero attached hydrogens (tertiary/aromatic N) is 2. The van der Waals surface area contributed by atoms with E-state index in [9.17, 15) is 4.55 Å². The lowest BCUT2D eigenvalue weighted by Gasteiger charge is -2.17. The molecule has 1 atom stereocenters. The molecule has 0 amide bonds. The smallest absolute Gasteiger partial charge is 0.144 e. The molecule has 94 valence electrons.